The van der Waals surface area contributed by atoms with Gasteiger partial charge in [0.1, 0.15) is 0 Å². The van der Waals surface area contributed by atoms with E-state index >= 15 is 0 Å². The number of hydrogen-bond donors (Lipinski definition) is 2. The Bertz CT molecular complexity index is 414. The molecule has 3 N–H and O–H groups in total. The third kappa shape index (κ3) is 2.64. The highest BCUT2D eigenvalue weighted by Gasteiger charge is 2.28. The van der Waals surface area contributed by atoms with Gasteiger partial charge in [0.05, 0.1) is 0 Å². The summed E-state index contributed by atoms with van der Waals surface area (Å²) in [5.41, 5.74) is 4.11. The highest BCUT2D eigenvalue weighted by molar-refractivity contribution is 5.94. The fourth-order valence-corrected chi connectivity index (χ4v) is 2.41. The van der Waals surface area contributed by atoms with Crippen molar-refractivity contribution < 1.29 is 4.79 Å². The molecule has 0 spiro atoms. The normalized spacial score (nSPS) is 19.3. The van der Waals surface area contributed by atoms with Crippen molar-refractivity contribution in [2.75, 3.05) is 18.5 Å². The van der Waals surface area contributed by atoms with Gasteiger partial charge in [0.25, 0.3) is 5.91 Å². The molecular formula is C14H21N3O. The second kappa shape index (κ2) is 5.40. The molecule has 1 aliphatic rings. The molecule has 0 bridgehead atoms. The lowest BCUT2D eigenvalue weighted by molar-refractivity contribution is 0.0784. The maximum atomic E-state index is 12.3. The van der Waals surface area contributed by atoms with Crippen LogP contribution < -0.4 is 11.3 Å². The zero-order valence-corrected chi connectivity index (χ0v) is 11.0. The molecule has 1 atom stereocenters. The number of nitrogens with two attached hydrogens (primary N) is 1. The zero-order valence-electron chi connectivity index (χ0n) is 11.0. The molecule has 18 heavy (non-hydrogen) atoms. The van der Waals surface area contributed by atoms with Crippen molar-refractivity contribution >= 4 is 11.6 Å². The number of hydrogen-bond acceptors (Lipinski definition) is 3. The lowest BCUT2D eigenvalue weighted by atomic mass is 9.95. The number of hydrazine groups is 1. The van der Waals surface area contributed by atoms with E-state index in [-0.39, 0.29) is 5.91 Å². The first-order valence-corrected chi connectivity index (χ1v) is 6.47. The molecule has 1 amide bonds. The number of carbonyl (C=O) groups excluding carboxylic acids is 1. The van der Waals surface area contributed by atoms with Gasteiger partial charge in [0.2, 0.25) is 0 Å². The Morgan fingerprint density at radius 2 is 2.06 bits per heavy atom. The Labute approximate surface area is 108 Å². The van der Waals surface area contributed by atoms with Crippen molar-refractivity contribution in [3.8, 4) is 0 Å². The van der Waals surface area contributed by atoms with Crippen LogP contribution in [-0.2, 0) is 0 Å². The summed E-state index contributed by atoms with van der Waals surface area (Å²) in [4.78, 5) is 14.2. The fraction of sp³-hybridized carbons (Fsp3) is 0.500. The van der Waals surface area contributed by atoms with Crippen LogP contribution >= 0.6 is 0 Å². The van der Waals surface area contributed by atoms with Crippen molar-refractivity contribution in [1.29, 1.82) is 0 Å². The van der Waals surface area contributed by atoms with Crippen LogP contribution in [0.3, 0.4) is 0 Å². The highest BCUT2D eigenvalue weighted by Crippen LogP contribution is 2.25. The number of anilines is 1. The summed E-state index contributed by atoms with van der Waals surface area (Å²) in [5, 5.41) is 0. The van der Waals surface area contributed by atoms with Gasteiger partial charge in [-0.05, 0) is 42.5 Å². The van der Waals surface area contributed by atoms with Gasteiger partial charge in [0.15, 0.2) is 0 Å². The Balaban J connectivity index is 2.03. The molecule has 1 saturated heterocycles. The summed E-state index contributed by atoms with van der Waals surface area (Å²) in [7, 11) is 0. The van der Waals surface area contributed by atoms with Crippen molar-refractivity contribution in [3.63, 3.8) is 0 Å². The maximum absolute atomic E-state index is 12.3. The van der Waals surface area contributed by atoms with E-state index in [0.717, 1.165) is 30.8 Å². The molecule has 98 valence electrons. The summed E-state index contributed by atoms with van der Waals surface area (Å²) in [6, 6.07) is 7.28. The van der Waals surface area contributed by atoms with Crippen molar-refractivity contribution in [2.45, 2.75) is 20.3 Å². The minimum absolute atomic E-state index is 0.127. The smallest absolute Gasteiger partial charge is 0.253 e. The monoisotopic (exact) mass is 247 g/mol. The Morgan fingerprint density at radius 1 is 1.39 bits per heavy atom. The number of nitrogen functional groups attached to an aromatic ring is 1. The second-order valence-corrected chi connectivity index (χ2v) is 5.27. The van der Waals surface area contributed by atoms with Crippen LogP contribution in [-0.4, -0.2) is 23.9 Å². The van der Waals surface area contributed by atoms with E-state index in [0.29, 0.717) is 11.8 Å². The molecule has 1 unspecified atom stereocenters. The SMILES string of the molecule is CC(C)C1CCN(C(=O)c2ccc(NN)cc2)C1. The molecule has 1 fully saturated rings. The van der Waals surface area contributed by atoms with E-state index < -0.39 is 0 Å². The van der Waals surface area contributed by atoms with Gasteiger partial charge < -0.3 is 10.3 Å². The largest absolute Gasteiger partial charge is 0.338 e. The Hall–Kier alpha value is -1.55. The van der Waals surface area contributed by atoms with E-state index in [4.69, 9.17) is 5.84 Å². The second-order valence-electron chi connectivity index (χ2n) is 5.27. The van der Waals surface area contributed by atoms with E-state index in [1.54, 1.807) is 0 Å². The number of rotatable bonds is 3. The molecule has 1 aromatic rings. The van der Waals surface area contributed by atoms with Gasteiger partial charge >= 0.3 is 0 Å². The van der Waals surface area contributed by atoms with E-state index in [2.05, 4.69) is 19.3 Å². The topological polar surface area (TPSA) is 58.4 Å². The number of nitrogens with zero attached hydrogens (tertiary/aromatic N) is 1. The standard InChI is InChI=1S/C14H21N3O/c1-10(2)12-7-8-17(9-12)14(18)11-3-5-13(16-15)6-4-11/h3-6,10,12,16H,7-9,15H2,1-2H3. The first kappa shape index (κ1) is 12.9. The summed E-state index contributed by atoms with van der Waals surface area (Å²) in [6.07, 6.45) is 1.12. The van der Waals surface area contributed by atoms with Crippen LogP contribution in [0.2, 0.25) is 0 Å². The Morgan fingerprint density at radius 3 is 2.56 bits per heavy atom. The number of nitrogens with one attached hydrogen (secondary N) is 1. The quantitative estimate of drug-likeness (QED) is 0.635. The van der Waals surface area contributed by atoms with Gasteiger partial charge in [-0.15, -0.1) is 0 Å². The lowest BCUT2D eigenvalue weighted by Crippen LogP contribution is -2.29. The number of carbonyl (C=O) groups is 1. The molecule has 0 radical (unpaired) electrons. The number of amides is 1. The van der Waals surface area contributed by atoms with Crippen molar-refractivity contribution in [2.24, 2.45) is 17.7 Å². The summed E-state index contributed by atoms with van der Waals surface area (Å²) >= 11 is 0. The first-order chi connectivity index (χ1) is 8.61. The van der Waals surface area contributed by atoms with Crippen molar-refractivity contribution in [1.82, 2.24) is 4.90 Å². The van der Waals surface area contributed by atoms with Crippen LogP contribution in [0.25, 0.3) is 0 Å². The van der Waals surface area contributed by atoms with Gasteiger partial charge in [-0.1, -0.05) is 13.8 Å². The van der Waals surface area contributed by atoms with Crippen LogP contribution in [0.4, 0.5) is 5.69 Å². The molecule has 0 saturated carbocycles. The van der Waals surface area contributed by atoms with E-state index in [9.17, 15) is 4.79 Å². The molecular weight excluding hydrogens is 226 g/mol. The Kier molecular flexibility index (Phi) is 3.87. The van der Waals surface area contributed by atoms with Gasteiger partial charge in [-0.3, -0.25) is 10.6 Å². The first-order valence-electron chi connectivity index (χ1n) is 6.47. The number of likely N-dealkylation sites (tertiary alicyclic amines) is 1. The predicted octanol–water partition coefficient (Wildman–Crippen LogP) is 2.09. The summed E-state index contributed by atoms with van der Waals surface area (Å²) in [5.74, 6) is 6.71. The van der Waals surface area contributed by atoms with Crippen LogP contribution in [0.1, 0.15) is 30.6 Å². The lowest BCUT2D eigenvalue weighted by Gasteiger charge is -2.18. The molecule has 0 aromatic heterocycles. The summed E-state index contributed by atoms with van der Waals surface area (Å²) < 4.78 is 0. The highest BCUT2D eigenvalue weighted by atomic mass is 16.2. The average Bonchev–Trinajstić information content (AvgIpc) is 2.88. The molecule has 4 heteroatoms. The molecule has 1 aliphatic heterocycles. The molecule has 4 nitrogen and oxygen atoms in total. The van der Waals surface area contributed by atoms with Crippen LogP contribution in [0, 0.1) is 11.8 Å². The van der Waals surface area contributed by atoms with Gasteiger partial charge in [-0.25, -0.2) is 0 Å². The average molecular weight is 247 g/mol. The molecule has 1 aromatic carbocycles. The van der Waals surface area contributed by atoms with E-state index in [1.807, 2.05) is 29.2 Å². The number of benzene rings is 1. The maximum Gasteiger partial charge on any atom is 0.253 e. The molecule has 0 aliphatic carbocycles. The minimum atomic E-state index is 0.127. The van der Waals surface area contributed by atoms with Crippen LogP contribution in [0.15, 0.2) is 24.3 Å². The van der Waals surface area contributed by atoms with Crippen LogP contribution in [0.5, 0.6) is 0 Å². The minimum Gasteiger partial charge on any atom is -0.338 e. The van der Waals surface area contributed by atoms with Crippen molar-refractivity contribution in [3.05, 3.63) is 29.8 Å². The predicted molar refractivity (Wildman–Crippen MR) is 73.1 cm³/mol. The zero-order chi connectivity index (χ0) is 13.1. The third-order valence-corrected chi connectivity index (χ3v) is 3.75. The third-order valence-electron chi connectivity index (χ3n) is 3.75. The molecule has 2 rings (SSSR count). The van der Waals surface area contributed by atoms with Gasteiger partial charge in [0, 0.05) is 24.3 Å². The van der Waals surface area contributed by atoms with Gasteiger partial charge in [-0.2, -0.15) is 0 Å². The fourth-order valence-electron chi connectivity index (χ4n) is 2.41. The summed E-state index contributed by atoms with van der Waals surface area (Å²) in [6.45, 7) is 6.20. The molecule has 1 heterocycles. The van der Waals surface area contributed by atoms with E-state index in [1.165, 1.54) is 0 Å².